The lowest BCUT2D eigenvalue weighted by molar-refractivity contribution is 0.0862. The third-order valence-corrected chi connectivity index (χ3v) is 2.61. The van der Waals surface area contributed by atoms with Gasteiger partial charge in [0.1, 0.15) is 11.3 Å². The van der Waals surface area contributed by atoms with Crippen LogP contribution in [0.5, 0.6) is 0 Å². The standard InChI is InChI=1S/C13H26ClNO/c1-4-5-6-7-8-9-10-11-13(14)15-16-12(2)3/h12H,4-11H2,1-3H3. The highest BCUT2D eigenvalue weighted by atomic mass is 35.5. The molecule has 0 fully saturated rings. The van der Waals surface area contributed by atoms with Gasteiger partial charge >= 0.3 is 0 Å². The van der Waals surface area contributed by atoms with Gasteiger partial charge in [0, 0.05) is 6.42 Å². The third kappa shape index (κ3) is 11.8. The molecule has 0 aliphatic carbocycles. The Morgan fingerprint density at radius 2 is 1.62 bits per heavy atom. The summed E-state index contributed by atoms with van der Waals surface area (Å²) in [5.41, 5.74) is 0. The van der Waals surface area contributed by atoms with Crippen molar-refractivity contribution in [3.8, 4) is 0 Å². The first-order chi connectivity index (χ1) is 7.66. The zero-order chi connectivity index (χ0) is 12.2. The molecule has 0 unspecified atom stereocenters. The summed E-state index contributed by atoms with van der Waals surface area (Å²) in [7, 11) is 0. The molecule has 3 heteroatoms. The smallest absolute Gasteiger partial charge is 0.145 e. The Bertz CT molecular complexity index is 181. The highest BCUT2D eigenvalue weighted by Crippen LogP contribution is 2.10. The first kappa shape index (κ1) is 15.8. The number of unbranched alkanes of at least 4 members (excludes halogenated alkanes) is 6. The summed E-state index contributed by atoms with van der Waals surface area (Å²) in [5.74, 6) is 0. The number of rotatable bonds is 10. The molecule has 96 valence electrons. The number of oxime groups is 1. The van der Waals surface area contributed by atoms with Crippen LogP contribution in [0.25, 0.3) is 0 Å². The van der Waals surface area contributed by atoms with Crippen molar-refractivity contribution >= 4 is 16.8 Å². The number of hydrogen-bond acceptors (Lipinski definition) is 2. The summed E-state index contributed by atoms with van der Waals surface area (Å²) in [6.45, 7) is 6.13. The van der Waals surface area contributed by atoms with Gasteiger partial charge in [-0.25, -0.2) is 0 Å². The van der Waals surface area contributed by atoms with Gasteiger partial charge in [-0.15, -0.1) is 0 Å². The zero-order valence-electron chi connectivity index (χ0n) is 11.0. The first-order valence-corrected chi connectivity index (χ1v) is 6.92. The van der Waals surface area contributed by atoms with Crippen LogP contribution in [0.1, 0.15) is 72.1 Å². The predicted molar refractivity (Wildman–Crippen MR) is 72.1 cm³/mol. The topological polar surface area (TPSA) is 21.6 Å². The normalized spacial score (nSPS) is 12.2. The maximum absolute atomic E-state index is 5.91. The van der Waals surface area contributed by atoms with Crippen molar-refractivity contribution in [1.82, 2.24) is 0 Å². The van der Waals surface area contributed by atoms with Crippen LogP contribution >= 0.6 is 11.6 Å². The van der Waals surface area contributed by atoms with Gasteiger partial charge in [0.25, 0.3) is 0 Å². The molecule has 0 saturated heterocycles. The monoisotopic (exact) mass is 247 g/mol. The Labute approximate surface area is 105 Å². The van der Waals surface area contributed by atoms with Crippen molar-refractivity contribution in [2.75, 3.05) is 0 Å². The average Bonchev–Trinajstić information content (AvgIpc) is 2.25. The van der Waals surface area contributed by atoms with Crippen molar-refractivity contribution in [2.24, 2.45) is 5.16 Å². The van der Waals surface area contributed by atoms with Gasteiger partial charge in [0.2, 0.25) is 0 Å². The summed E-state index contributed by atoms with van der Waals surface area (Å²) in [6.07, 6.45) is 10.0. The van der Waals surface area contributed by atoms with Crippen LogP contribution < -0.4 is 0 Å². The molecule has 0 rings (SSSR count). The Balaban J connectivity index is 3.27. The second-order valence-corrected chi connectivity index (χ2v) is 4.93. The van der Waals surface area contributed by atoms with Crippen LogP contribution in [0.2, 0.25) is 0 Å². The maximum Gasteiger partial charge on any atom is 0.145 e. The molecular formula is C13H26ClNO. The molecule has 0 bridgehead atoms. The van der Waals surface area contributed by atoms with Crippen molar-refractivity contribution < 1.29 is 4.84 Å². The Kier molecular flexibility index (Phi) is 11.1. The molecule has 0 aliphatic heterocycles. The summed E-state index contributed by atoms with van der Waals surface area (Å²) < 4.78 is 0. The Morgan fingerprint density at radius 1 is 1.06 bits per heavy atom. The minimum Gasteiger partial charge on any atom is -0.392 e. The predicted octanol–water partition coefficient (Wildman–Crippen LogP) is 5.10. The Morgan fingerprint density at radius 3 is 2.19 bits per heavy atom. The third-order valence-electron chi connectivity index (χ3n) is 2.35. The fraction of sp³-hybridized carbons (Fsp3) is 0.923. The highest BCUT2D eigenvalue weighted by molar-refractivity contribution is 6.65. The van der Waals surface area contributed by atoms with Crippen molar-refractivity contribution in [3.05, 3.63) is 0 Å². The SMILES string of the molecule is CCCCCCCCCC(Cl)=NOC(C)C. The second-order valence-electron chi connectivity index (χ2n) is 4.49. The number of hydrogen-bond donors (Lipinski definition) is 0. The Hall–Kier alpha value is -0.240. The lowest BCUT2D eigenvalue weighted by Gasteiger charge is -2.03. The van der Waals surface area contributed by atoms with Gasteiger partial charge in [0.05, 0.1) is 0 Å². The molecule has 0 atom stereocenters. The second kappa shape index (κ2) is 11.3. The molecule has 0 aromatic carbocycles. The van der Waals surface area contributed by atoms with E-state index in [0.717, 1.165) is 12.8 Å². The molecule has 0 N–H and O–H groups in total. The van der Waals surface area contributed by atoms with Gasteiger partial charge in [-0.05, 0) is 20.3 Å². The van der Waals surface area contributed by atoms with Crippen molar-refractivity contribution in [1.29, 1.82) is 0 Å². The van der Waals surface area contributed by atoms with Gasteiger partial charge < -0.3 is 4.84 Å². The molecule has 2 nitrogen and oxygen atoms in total. The van der Waals surface area contributed by atoms with Crippen molar-refractivity contribution in [2.45, 2.75) is 78.2 Å². The average molecular weight is 248 g/mol. The van der Waals surface area contributed by atoms with Crippen LogP contribution in [0.3, 0.4) is 0 Å². The fourth-order valence-corrected chi connectivity index (χ4v) is 1.61. The van der Waals surface area contributed by atoms with Crippen LogP contribution in [0, 0.1) is 0 Å². The molecule has 0 aromatic rings. The summed E-state index contributed by atoms with van der Waals surface area (Å²) in [6, 6.07) is 0. The number of nitrogens with zero attached hydrogens (tertiary/aromatic N) is 1. The van der Waals surface area contributed by atoms with E-state index in [-0.39, 0.29) is 6.10 Å². The summed E-state index contributed by atoms with van der Waals surface area (Å²) in [4.78, 5) is 5.07. The number of halogens is 1. The molecule has 0 amide bonds. The van der Waals surface area contributed by atoms with Crippen LogP contribution in [0.4, 0.5) is 0 Å². The molecule has 16 heavy (non-hydrogen) atoms. The van der Waals surface area contributed by atoms with E-state index < -0.39 is 0 Å². The van der Waals surface area contributed by atoms with Gasteiger partial charge in [0.15, 0.2) is 0 Å². The van der Waals surface area contributed by atoms with Crippen LogP contribution in [0.15, 0.2) is 5.16 Å². The molecule has 0 heterocycles. The summed E-state index contributed by atoms with van der Waals surface area (Å²) >= 11 is 5.91. The van der Waals surface area contributed by atoms with E-state index in [9.17, 15) is 0 Å². The van der Waals surface area contributed by atoms with E-state index in [2.05, 4.69) is 12.1 Å². The minimum atomic E-state index is 0.114. The van der Waals surface area contributed by atoms with Gasteiger partial charge in [-0.3, -0.25) is 0 Å². The molecule has 0 saturated carbocycles. The van der Waals surface area contributed by atoms with Gasteiger partial charge in [-0.2, -0.15) is 0 Å². The molecular weight excluding hydrogens is 222 g/mol. The quantitative estimate of drug-likeness (QED) is 0.299. The zero-order valence-corrected chi connectivity index (χ0v) is 11.7. The fourth-order valence-electron chi connectivity index (χ4n) is 1.44. The van der Waals surface area contributed by atoms with E-state index in [1.165, 1.54) is 38.5 Å². The lowest BCUT2D eigenvalue weighted by atomic mass is 10.1. The van der Waals surface area contributed by atoms with Crippen molar-refractivity contribution in [3.63, 3.8) is 0 Å². The molecule has 0 spiro atoms. The highest BCUT2D eigenvalue weighted by Gasteiger charge is 1.97. The van der Waals surface area contributed by atoms with E-state index in [4.69, 9.17) is 16.4 Å². The maximum atomic E-state index is 5.91. The first-order valence-electron chi connectivity index (χ1n) is 6.55. The minimum absolute atomic E-state index is 0.114. The van der Waals surface area contributed by atoms with E-state index in [0.29, 0.717) is 5.17 Å². The van der Waals surface area contributed by atoms with Gasteiger partial charge in [-0.1, -0.05) is 62.2 Å². The van der Waals surface area contributed by atoms with E-state index in [1.54, 1.807) is 0 Å². The lowest BCUT2D eigenvalue weighted by Crippen LogP contribution is -1.98. The summed E-state index contributed by atoms with van der Waals surface area (Å²) in [5, 5.41) is 4.45. The van der Waals surface area contributed by atoms with Crippen LogP contribution in [-0.2, 0) is 4.84 Å². The van der Waals surface area contributed by atoms with E-state index >= 15 is 0 Å². The van der Waals surface area contributed by atoms with E-state index in [1.807, 2.05) is 13.8 Å². The molecule has 0 aliphatic rings. The molecule has 0 aromatic heterocycles. The largest absolute Gasteiger partial charge is 0.392 e. The van der Waals surface area contributed by atoms with Crippen LogP contribution in [-0.4, -0.2) is 11.3 Å². The molecule has 0 radical (unpaired) electrons.